The zero-order valence-electron chi connectivity index (χ0n) is 9.60. The van der Waals surface area contributed by atoms with Crippen molar-refractivity contribution in [2.24, 2.45) is 5.92 Å². The van der Waals surface area contributed by atoms with Gasteiger partial charge in [0, 0.05) is 12.6 Å². The molecule has 2 heterocycles. The van der Waals surface area contributed by atoms with E-state index in [0.717, 1.165) is 12.0 Å². The normalized spacial score (nSPS) is 29.1. The zero-order chi connectivity index (χ0) is 11.0. The maximum atomic E-state index is 5.63. The predicted octanol–water partition coefficient (Wildman–Crippen LogP) is 2.43. The third kappa shape index (κ3) is 1.64. The van der Waals surface area contributed by atoms with Gasteiger partial charge in [0.25, 0.3) is 0 Å². The minimum atomic E-state index is 0.614. The van der Waals surface area contributed by atoms with Crippen LogP contribution in [0.5, 0.6) is 0 Å². The highest BCUT2D eigenvalue weighted by atomic mass is 15.2. The molecule has 1 aliphatic heterocycles. The Labute approximate surface area is 96.7 Å². The standard InChI is InChI=1S/C13H19N3/c14-13-6-5-11(9-15-13)16-8-7-10-3-1-2-4-12(10)16/h5-6,9-10,12H,1-4,7-8H2,(H2,14,15). The van der Waals surface area contributed by atoms with Gasteiger partial charge in [-0.05, 0) is 37.3 Å². The lowest BCUT2D eigenvalue weighted by atomic mass is 9.85. The molecule has 2 atom stereocenters. The Hall–Kier alpha value is -1.25. The molecule has 0 aromatic carbocycles. The van der Waals surface area contributed by atoms with Crippen LogP contribution in [0.2, 0.25) is 0 Å². The van der Waals surface area contributed by atoms with Gasteiger partial charge in [0.2, 0.25) is 0 Å². The molecule has 2 aliphatic rings. The second-order valence-electron chi connectivity index (χ2n) is 5.04. The van der Waals surface area contributed by atoms with Crippen LogP contribution in [0.25, 0.3) is 0 Å². The first-order chi connectivity index (χ1) is 7.84. The van der Waals surface area contributed by atoms with Gasteiger partial charge in [-0.25, -0.2) is 4.98 Å². The second kappa shape index (κ2) is 3.96. The topological polar surface area (TPSA) is 42.1 Å². The van der Waals surface area contributed by atoms with E-state index in [0.29, 0.717) is 5.82 Å². The van der Waals surface area contributed by atoms with Gasteiger partial charge in [-0.2, -0.15) is 0 Å². The van der Waals surface area contributed by atoms with E-state index in [1.165, 1.54) is 44.3 Å². The number of hydrogen-bond acceptors (Lipinski definition) is 3. The molecule has 2 unspecified atom stereocenters. The van der Waals surface area contributed by atoms with Gasteiger partial charge in [-0.15, -0.1) is 0 Å². The van der Waals surface area contributed by atoms with E-state index < -0.39 is 0 Å². The third-order valence-electron chi connectivity index (χ3n) is 4.11. The van der Waals surface area contributed by atoms with Gasteiger partial charge in [0.1, 0.15) is 5.82 Å². The first-order valence-corrected chi connectivity index (χ1v) is 6.33. The lowest BCUT2D eigenvalue weighted by molar-refractivity contribution is 0.342. The number of nitrogens with two attached hydrogens (primary N) is 1. The van der Waals surface area contributed by atoms with Crippen LogP contribution in [0.3, 0.4) is 0 Å². The highest BCUT2D eigenvalue weighted by Gasteiger charge is 2.35. The van der Waals surface area contributed by atoms with Crippen molar-refractivity contribution in [3.63, 3.8) is 0 Å². The van der Waals surface area contributed by atoms with Crippen molar-refractivity contribution in [3.8, 4) is 0 Å². The number of aromatic nitrogens is 1. The smallest absolute Gasteiger partial charge is 0.123 e. The van der Waals surface area contributed by atoms with Gasteiger partial charge in [0.05, 0.1) is 11.9 Å². The molecule has 3 rings (SSSR count). The van der Waals surface area contributed by atoms with E-state index in [1.54, 1.807) is 0 Å². The minimum Gasteiger partial charge on any atom is -0.384 e. The largest absolute Gasteiger partial charge is 0.384 e. The summed E-state index contributed by atoms with van der Waals surface area (Å²) in [6.07, 6.45) is 8.87. The van der Waals surface area contributed by atoms with Crippen LogP contribution in [0.1, 0.15) is 32.1 Å². The molecule has 86 valence electrons. The average Bonchev–Trinajstić information content (AvgIpc) is 2.74. The van der Waals surface area contributed by atoms with Crippen molar-refractivity contribution >= 4 is 11.5 Å². The molecule has 0 spiro atoms. The molecule has 3 nitrogen and oxygen atoms in total. The monoisotopic (exact) mass is 217 g/mol. The second-order valence-corrected chi connectivity index (χ2v) is 5.04. The lowest BCUT2D eigenvalue weighted by Gasteiger charge is -2.32. The average molecular weight is 217 g/mol. The Bertz CT molecular complexity index is 360. The summed E-state index contributed by atoms with van der Waals surface area (Å²) >= 11 is 0. The summed E-state index contributed by atoms with van der Waals surface area (Å²) < 4.78 is 0. The van der Waals surface area contributed by atoms with Gasteiger partial charge >= 0.3 is 0 Å². The molecule has 2 N–H and O–H groups in total. The quantitative estimate of drug-likeness (QED) is 0.785. The summed E-state index contributed by atoms with van der Waals surface area (Å²) in [6, 6.07) is 4.78. The maximum absolute atomic E-state index is 5.63. The van der Waals surface area contributed by atoms with Crippen LogP contribution in [-0.4, -0.2) is 17.6 Å². The molecule has 1 saturated heterocycles. The minimum absolute atomic E-state index is 0.614. The van der Waals surface area contributed by atoms with Gasteiger partial charge < -0.3 is 10.6 Å². The maximum Gasteiger partial charge on any atom is 0.123 e. The number of rotatable bonds is 1. The number of pyridine rings is 1. The van der Waals surface area contributed by atoms with Crippen molar-refractivity contribution in [1.29, 1.82) is 0 Å². The molecule has 2 fully saturated rings. The van der Waals surface area contributed by atoms with E-state index in [-0.39, 0.29) is 0 Å². The number of hydrogen-bond donors (Lipinski definition) is 1. The van der Waals surface area contributed by atoms with Crippen LogP contribution < -0.4 is 10.6 Å². The Morgan fingerprint density at radius 2 is 2.06 bits per heavy atom. The van der Waals surface area contributed by atoms with E-state index in [1.807, 2.05) is 12.3 Å². The number of nitrogen functional groups attached to an aromatic ring is 1. The molecule has 1 aliphatic carbocycles. The van der Waals surface area contributed by atoms with Crippen LogP contribution >= 0.6 is 0 Å². The fourth-order valence-electron chi connectivity index (χ4n) is 3.29. The van der Waals surface area contributed by atoms with Gasteiger partial charge in [-0.1, -0.05) is 12.8 Å². The Morgan fingerprint density at radius 1 is 1.19 bits per heavy atom. The van der Waals surface area contributed by atoms with Crippen LogP contribution in [0, 0.1) is 5.92 Å². The molecule has 1 saturated carbocycles. The summed E-state index contributed by atoms with van der Waals surface area (Å²) in [5.41, 5.74) is 6.88. The highest BCUT2D eigenvalue weighted by molar-refractivity contribution is 5.50. The molecule has 1 aromatic heterocycles. The number of nitrogens with zero attached hydrogens (tertiary/aromatic N) is 2. The highest BCUT2D eigenvalue weighted by Crippen LogP contribution is 2.38. The molecule has 0 bridgehead atoms. The third-order valence-corrected chi connectivity index (χ3v) is 4.11. The summed E-state index contributed by atoms with van der Waals surface area (Å²) in [4.78, 5) is 6.74. The zero-order valence-corrected chi connectivity index (χ0v) is 9.60. The SMILES string of the molecule is Nc1ccc(N2CCC3CCCCC32)cn1. The lowest BCUT2D eigenvalue weighted by Crippen LogP contribution is -2.34. The Morgan fingerprint density at radius 3 is 2.88 bits per heavy atom. The fourth-order valence-corrected chi connectivity index (χ4v) is 3.29. The van der Waals surface area contributed by atoms with Crippen molar-refractivity contribution in [2.45, 2.75) is 38.1 Å². The first-order valence-electron chi connectivity index (χ1n) is 6.33. The molecular weight excluding hydrogens is 198 g/mol. The summed E-state index contributed by atoms with van der Waals surface area (Å²) in [6.45, 7) is 1.20. The fraction of sp³-hybridized carbons (Fsp3) is 0.615. The summed E-state index contributed by atoms with van der Waals surface area (Å²) in [5, 5.41) is 0. The van der Waals surface area contributed by atoms with E-state index in [4.69, 9.17) is 5.73 Å². The van der Waals surface area contributed by atoms with Crippen LogP contribution in [-0.2, 0) is 0 Å². The summed E-state index contributed by atoms with van der Waals surface area (Å²) in [7, 11) is 0. The Kier molecular flexibility index (Phi) is 2.46. The van der Waals surface area contributed by atoms with Crippen LogP contribution in [0.4, 0.5) is 11.5 Å². The van der Waals surface area contributed by atoms with Crippen LogP contribution in [0.15, 0.2) is 18.3 Å². The molecule has 0 amide bonds. The van der Waals surface area contributed by atoms with Gasteiger partial charge in [0.15, 0.2) is 0 Å². The van der Waals surface area contributed by atoms with E-state index in [9.17, 15) is 0 Å². The number of anilines is 2. The predicted molar refractivity (Wildman–Crippen MR) is 66.4 cm³/mol. The molecule has 1 aromatic rings. The summed E-state index contributed by atoms with van der Waals surface area (Å²) in [5.74, 6) is 1.54. The Balaban J connectivity index is 1.82. The van der Waals surface area contributed by atoms with Crippen molar-refractivity contribution in [1.82, 2.24) is 4.98 Å². The molecule has 3 heteroatoms. The molecular formula is C13H19N3. The van der Waals surface area contributed by atoms with Crippen molar-refractivity contribution in [2.75, 3.05) is 17.2 Å². The number of fused-ring (bicyclic) bond motifs is 1. The van der Waals surface area contributed by atoms with E-state index >= 15 is 0 Å². The van der Waals surface area contributed by atoms with Crippen molar-refractivity contribution in [3.05, 3.63) is 18.3 Å². The van der Waals surface area contributed by atoms with Gasteiger partial charge in [-0.3, -0.25) is 0 Å². The van der Waals surface area contributed by atoms with Crippen molar-refractivity contribution < 1.29 is 0 Å². The van der Waals surface area contributed by atoms with E-state index in [2.05, 4.69) is 16.0 Å². The molecule has 0 radical (unpaired) electrons. The molecule has 16 heavy (non-hydrogen) atoms. The first kappa shape index (κ1) is 9.94.